The summed E-state index contributed by atoms with van der Waals surface area (Å²) in [6, 6.07) is 9.00. The second-order valence-corrected chi connectivity index (χ2v) is 7.82. The van der Waals surface area contributed by atoms with Crippen LogP contribution >= 0.6 is 0 Å². The number of nitrogens with zero attached hydrogens (tertiary/aromatic N) is 1. The topological polar surface area (TPSA) is 83.4 Å². The number of benzene rings is 2. The minimum absolute atomic E-state index is 0.0532. The molecular weight excluding hydrogens is 404 g/mol. The summed E-state index contributed by atoms with van der Waals surface area (Å²) < 4.78 is 30.7. The number of rotatable bonds is 5. The maximum atomic E-state index is 14.9. The third-order valence-electron chi connectivity index (χ3n) is 5.79. The van der Waals surface area contributed by atoms with Crippen LogP contribution < -0.4 is 10.6 Å². The molecule has 1 aliphatic rings. The first-order chi connectivity index (χ1) is 14.9. The largest absolute Gasteiger partial charge is 0.481 e. The van der Waals surface area contributed by atoms with Crippen molar-refractivity contribution in [2.45, 2.75) is 38.1 Å². The van der Waals surface area contributed by atoms with E-state index >= 15 is 0 Å². The molecule has 0 saturated carbocycles. The molecule has 1 heterocycles. The van der Waals surface area contributed by atoms with E-state index in [-0.39, 0.29) is 18.4 Å². The summed E-state index contributed by atoms with van der Waals surface area (Å²) in [5.74, 6) is -2.47. The molecule has 2 aromatic carbocycles. The number of halogens is 2. The van der Waals surface area contributed by atoms with E-state index in [4.69, 9.17) is 0 Å². The Morgan fingerprint density at radius 2 is 1.94 bits per heavy atom. The van der Waals surface area contributed by atoms with E-state index < -0.39 is 17.6 Å². The van der Waals surface area contributed by atoms with Gasteiger partial charge in [-0.1, -0.05) is 12.1 Å². The van der Waals surface area contributed by atoms with Gasteiger partial charge in [0.1, 0.15) is 11.6 Å². The monoisotopic (exact) mass is 427 g/mol. The van der Waals surface area contributed by atoms with Crippen LogP contribution in [0.3, 0.4) is 0 Å². The van der Waals surface area contributed by atoms with Crippen molar-refractivity contribution < 1.29 is 23.5 Å². The predicted octanol–water partition coefficient (Wildman–Crippen LogP) is 4.61. The molecule has 1 unspecified atom stereocenters. The molecule has 0 aliphatic heterocycles. The van der Waals surface area contributed by atoms with Gasteiger partial charge in [0, 0.05) is 42.3 Å². The fourth-order valence-corrected chi connectivity index (χ4v) is 4.53. The molecule has 2 amide bonds. The fourth-order valence-electron chi connectivity index (χ4n) is 4.53. The number of nitrogens with one attached hydrogen (secondary N) is 2. The summed E-state index contributed by atoms with van der Waals surface area (Å²) in [4.78, 5) is 22.9. The molecule has 1 atom stereocenters. The van der Waals surface area contributed by atoms with Gasteiger partial charge in [-0.25, -0.2) is 13.6 Å². The van der Waals surface area contributed by atoms with Crippen LogP contribution in [0.15, 0.2) is 36.4 Å². The molecule has 3 N–H and O–H groups in total. The van der Waals surface area contributed by atoms with E-state index in [1.165, 1.54) is 13.1 Å². The quantitative estimate of drug-likeness (QED) is 0.556. The minimum Gasteiger partial charge on any atom is -0.481 e. The average molecular weight is 427 g/mol. The van der Waals surface area contributed by atoms with Crippen LogP contribution in [-0.4, -0.2) is 28.7 Å². The number of fused-ring (bicyclic) bond motifs is 3. The lowest BCUT2D eigenvalue weighted by Gasteiger charge is -2.24. The zero-order valence-electron chi connectivity index (χ0n) is 17.0. The van der Waals surface area contributed by atoms with Crippen molar-refractivity contribution in [3.8, 4) is 0 Å². The highest BCUT2D eigenvalue weighted by molar-refractivity contribution is 5.89. The zero-order valence-corrected chi connectivity index (χ0v) is 17.0. The van der Waals surface area contributed by atoms with Crippen LogP contribution in [0.4, 0.5) is 19.3 Å². The van der Waals surface area contributed by atoms with Gasteiger partial charge in [0.15, 0.2) is 0 Å². The Morgan fingerprint density at radius 3 is 2.61 bits per heavy atom. The predicted molar refractivity (Wildman–Crippen MR) is 113 cm³/mol. The molecule has 6 nitrogen and oxygen atoms in total. The molecular formula is C23H23F2N3O3. The van der Waals surface area contributed by atoms with Crippen LogP contribution in [0, 0.1) is 11.6 Å². The normalized spacial score (nSPS) is 15.5. The number of hydrogen-bond acceptors (Lipinski definition) is 2. The van der Waals surface area contributed by atoms with Gasteiger partial charge in [0.25, 0.3) is 0 Å². The van der Waals surface area contributed by atoms with Crippen molar-refractivity contribution in [2.24, 2.45) is 0 Å². The number of amides is 2. The fraction of sp³-hybridized carbons (Fsp3) is 0.304. The zero-order chi connectivity index (χ0) is 22.1. The number of carboxylic acids is 1. The molecule has 0 spiro atoms. The Balaban J connectivity index is 1.79. The van der Waals surface area contributed by atoms with Gasteiger partial charge >= 0.3 is 12.0 Å². The summed E-state index contributed by atoms with van der Waals surface area (Å²) >= 11 is 0. The van der Waals surface area contributed by atoms with Gasteiger partial charge in [-0.15, -0.1) is 0 Å². The van der Waals surface area contributed by atoms with Crippen molar-refractivity contribution in [3.63, 3.8) is 0 Å². The molecule has 1 aliphatic carbocycles. The highest BCUT2D eigenvalue weighted by atomic mass is 19.1. The third-order valence-corrected chi connectivity index (χ3v) is 5.79. The van der Waals surface area contributed by atoms with Crippen LogP contribution in [0.25, 0.3) is 10.9 Å². The van der Waals surface area contributed by atoms with Crippen molar-refractivity contribution in [3.05, 3.63) is 64.9 Å². The van der Waals surface area contributed by atoms with E-state index in [2.05, 4.69) is 10.6 Å². The summed E-state index contributed by atoms with van der Waals surface area (Å²) in [6.45, 7) is 0.310. The van der Waals surface area contributed by atoms with E-state index in [1.807, 2.05) is 12.1 Å². The minimum atomic E-state index is -0.911. The summed E-state index contributed by atoms with van der Waals surface area (Å²) in [6.07, 6.45) is 2.08. The van der Waals surface area contributed by atoms with E-state index in [9.17, 15) is 23.5 Å². The van der Waals surface area contributed by atoms with Crippen LogP contribution in [-0.2, 0) is 17.8 Å². The second kappa shape index (κ2) is 8.37. The van der Waals surface area contributed by atoms with Gasteiger partial charge < -0.3 is 20.3 Å². The molecule has 0 fully saturated rings. The molecule has 0 bridgehead atoms. The maximum Gasteiger partial charge on any atom is 0.318 e. The van der Waals surface area contributed by atoms with E-state index in [1.54, 1.807) is 16.7 Å². The van der Waals surface area contributed by atoms with E-state index in [0.717, 1.165) is 29.3 Å². The van der Waals surface area contributed by atoms with Crippen LogP contribution in [0.1, 0.15) is 42.0 Å². The first kappa shape index (κ1) is 20.8. The first-order valence-corrected chi connectivity index (χ1v) is 10.2. The Morgan fingerprint density at radius 1 is 1.19 bits per heavy atom. The molecule has 3 aromatic rings. The Labute approximate surface area is 177 Å². The summed E-state index contributed by atoms with van der Waals surface area (Å²) in [5.41, 5.74) is 3.38. The van der Waals surface area contributed by atoms with Crippen molar-refractivity contribution >= 4 is 28.6 Å². The molecule has 1 aromatic heterocycles. The highest BCUT2D eigenvalue weighted by Gasteiger charge is 2.30. The standard InChI is InChI=1S/C23H23F2N3O3/c1-26-23(31)27-16-7-5-13(6-8-16)12-28-21-14(9-20(29)30)3-2-4-17(21)18-10-15(24)11-19(25)22(18)28/h5-8,10-11,14H,2-4,9,12H2,1H3,(H,29,30)(H2,26,27,31). The number of carbonyl (C=O) groups is 2. The molecule has 0 saturated heterocycles. The lowest BCUT2D eigenvalue weighted by atomic mass is 9.84. The molecule has 0 radical (unpaired) electrons. The number of hydrogen-bond donors (Lipinski definition) is 3. The van der Waals surface area contributed by atoms with Crippen LogP contribution in [0.5, 0.6) is 0 Å². The lowest BCUT2D eigenvalue weighted by Crippen LogP contribution is -2.24. The Bertz CT molecular complexity index is 1160. The highest BCUT2D eigenvalue weighted by Crippen LogP contribution is 2.41. The Kier molecular flexibility index (Phi) is 5.63. The third kappa shape index (κ3) is 4.10. The first-order valence-electron chi connectivity index (χ1n) is 10.2. The number of aliphatic carboxylic acids is 1. The molecule has 4 rings (SSSR count). The number of aromatic nitrogens is 1. The maximum absolute atomic E-state index is 14.9. The molecule has 162 valence electrons. The van der Waals surface area contributed by atoms with Crippen molar-refractivity contribution in [1.29, 1.82) is 0 Å². The van der Waals surface area contributed by atoms with Crippen molar-refractivity contribution in [2.75, 3.05) is 12.4 Å². The van der Waals surface area contributed by atoms with E-state index in [0.29, 0.717) is 36.0 Å². The van der Waals surface area contributed by atoms with Gasteiger partial charge in [0.2, 0.25) is 0 Å². The second-order valence-electron chi connectivity index (χ2n) is 7.82. The van der Waals surface area contributed by atoms with Gasteiger partial charge in [-0.05, 0) is 48.6 Å². The Hall–Kier alpha value is -3.42. The molecule has 31 heavy (non-hydrogen) atoms. The van der Waals surface area contributed by atoms with Gasteiger partial charge in [0.05, 0.1) is 11.9 Å². The SMILES string of the molecule is CNC(=O)Nc1ccc(Cn2c3c(c4cc(F)cc(F)c42)CCCC3CC(=O)O)cc1. The summed E-state index contributed by atoms with van der Waals surface area (Å²) in [5, 5.41) is 15.1. The number of urea groups is 1. The lowest BCUT2D eigenvalue weighted by molar-refractivity contribution is -0.137. The number of carbonyl (C=O) groups excluding carboxylic acids is 1. The van der Waals surface area contributed by atoms with Gasteiger partial charge in [-0.3, -0.25) is 4.79 Å². The number of carboxylic acid groups (broad SMARTS) is 1. The molecule has 8 heteroatoms. The number of aryl methyl sites for hydroxylation is 1. The number of anilines is 1. The van der Waals surface area contributed by atoms with Gasteiger partial charge in [-0.2, -0.15) is 0 Å². The van der Waals surface area contributed by atoms with Crippen molar-refractivity contribution in [1.82, 2.24) is 9.88 Å². The van der Waals surface area contributed by atoms with Crippen LogP contribution in [0.2, 0.25) is 0 Å². The average Bonchev–Trinajstić information content (AvgIpc) is 3.03. The summed E-state index contributed by atoms with van der Waals surface area (Å²) in [7, 11) is 1.52. The smallest absolute Gasteiger partial charge is 0.318 e.